The smallest absolute Gasteiger partial charge is 0.259 e. The molecule has 0 saturated heterocycles. The molecule has 3 rings (SSSR count). The lowest BCUT2D eigenvalue weighted by molar-refractivity contribution is -0.120. The van der Waals surface area contributed by atoms with Crippen molar-refractivity contribution in [2.75, 3.05) is 6.54 Å². The molecular formula is C20H16FN3O2. The van der Waals surface area contributed by atoms with Crippen LogP contribution in [0.2, 0.25) is 0 Å². The summed E-state index contributed by atoms with van der Waals surface area (Å²) in [7, 11) is 0. The Morgan fingerprint density at radius 1 is 0.962 bits per heavy atom. The number of amides is 2. The third-order valence-corrected chi connectivity index (χ3v) is 3.74. The molecule has 0 spiro atoms. The van der Waals surface area contributed by atoms with Crippen molar-refractivity contribution in [1.29, 1.82) is 0 Å². The van der Waals surface area contributed by atoms with E-state index >= 15 is 0 Å². The van der Waals surface area contributed by atoms with Crippen LogP contribution in [0.5, 0.6) is 0 Å². The molecule has 0 aliphatic carbocycles. The van der Waals surface area contributed by atoms with Crippen LogP contribution in [0.15, 0.2) is 71.8 Å². The second kappa shape index (κ2) is 8.02. The molecule has 3 aromatic rings. The van der Waals surface area contributed by atoms with E-state index in [1.165, 1.54) is 18.3 Å². The van der Waals surface area contributed by atoms with E-state index in [0.717, 1.165) is 10.8 Å². The summed E-state index contributed by atoms with van der Waals surface area (Å²) in [6.45, 7) is -0.239. The van der Waals surface area contributed by atoms with Gasteiger partial charge in [-0.1, -0.05) is 54.6 Å². The van der Waals surface area contributed by atoms with Crippen molar-refractivity contribution < 1.29 is 14.0 Å². The molecule has 3 aromatic carbocycles. The van der Waals surface area contributed by atoms with Crippen LogP contribution in [0.1, 0.15) is 15.9 Å². The first-order valence-electron chi connectivity index (χ1n) is 7.97. The Bertz CT molecular complexity index is 980. The number of hydrazone groups is 1. The summed E-state index contributed by atoms with van der Waals surface area (Å²) in [5.41, 5.74) is 3.00. The number of fused-ring (bicyclic) bond motifs is 1. The van der Waals surface area contributed by atoms with E-state index in [9.17, 15) is 14.0 Å². The lowest BCUT2D eigenvalue weighted by Crippen LogP contribution is -2.35. The van der Waals surface area contributed by atoms with Crippen molar-refractivity contribution in [2.45, 2.75) is 0 Å². The molecular weight excluding hydrogens is 333 g/mol. The number of carbonyl (C=O) groups excluding carboxylic acids is 2. The Morgan fingerprint density at radius 3 is 2.54 bits per heavy atom. The van der Waals surface area contributed by atoms with E-state index in [1.807, 2.05) is 30.3 Å². The molecule has 0 bridgehead atoms. The lowest BCUT2D eigenvalue weighted by Gasteiger charge is -2.07. The standard InChI is InChI=1S/C20H16FN3O2/c21-18-11-4-2-7-15(18)12-23-24-19(25)13-22-20(26)17-10-5-8-14-6-1-3-9-16(14)17/h1-12H,13H2,(H,22,26)(H,24,25)/b23-12+. The third kappa shape index (κ3) is 4.10. The van der Waals surface area contributed by atoms with E-state index in [1.54, 1.807) is 24.3 Å². The highest BCUT2D eigenvalue weighted by Crippen LogP contribution is 2.18. The van der Waals surface area contributed by atoms with Gasteiger partial charge in [-0.15, -0.1) is 0 Å². The van der Waals surface area contributed by atoms with Gasteiger partial charge >= 0.3 is 0 Å². The molecule has 26 heavy (non-hydrogen) atoms. The van der Waals surface area contributed by atoms with E-state index in [0.29, 0.717) is 5.56 Å². The number of nitrogens with zero attached hydrogens (tertiary/aromatic N) is 1. The molecule has 0 aliphatic heterocycles. The third-order valence-electron chi connectivity index (χ3n) is 3.74. The van der Waals surface area contributed by atoms with Crippen LogP contribution >= 0.6 is 0 Å². The fourth-order valence-corrected chi connectivity index (χ4v) is 2.47. The number of nitrogens with one attached hydrogen (secondary N) is 2. The predicted octanol–water partition coefficient (Wildman–Crippen LogP) is 2.86. The fourth-order valence-electron chi connectivity index (χ4n) is 2.47. The molecule has 130 valence electrons. The van der Waals surface area contributed by atoms with Gasteiger partial charge in [0.25, 0.3) is 11.8 Å². The van der Waals surface area contributed by atoms with Crippen LogP contribution < -0.4 is 10.7 Å². The van der Waals surface area contributed by atoms with E-state index in [2.05, 4.69) is 15.8 Å². The zero-order valence-electron chi connectivity index (χ0n) is 13.8. The van der Waals surface area contributed by atoms with Crippen LogP contribution in [0, 0.1) is 5.82 Å². The minimum absolute atomic E-state index is 0.239. The molecule has 2 amide bonds. The van der Waals surface area contributed by atoms with Crippen molar-refractivity contribution in [3.63, 3.8) is 0 Å². The van der Waals surface area contributed by atoms with Gasteiger partial charge in [-0.2, -0.15) is 5.10 Å². The molecule has 0 aromatic heterocycles. The quantitative estimate of drug-likeness (QED) is 0.549. The second-order valence-corrected chi connectivity index (χ2v) is 5.52. The van der Waals surface area contributed by atoms with Crippen LogP contribution in [0.3, 0.4) is 0 Å². The van der Waals surface area contributed by atoms with Crippen molar-refractivity contribution in [1.82, 2.24) is 10.7 Å². The van der Waals surface area contributed by atoms with Gasteiger partial charge in [-0.05, 0) is 22.9 Å². The van der Waals surface area contributed by atoms with Crippen LogP contribution in [-0.4, -0.2) is 24.6 Å². The van der Waals surface area contributed by atoms with Gasteiger partial charge in [0.1, 0.15) is 5.82 Å². The molecule has 0 fully saturated rings. The summed E-state index contributed by atoms with van der Waals surface area (Å²) in [5.74, 6) is -1.30. The number of hydrogen-bond donors (Lipinski definition) is 2. The first-order chi connectivity index (χ1) is 12.6. The highest BCUT2D eigenvalue weighted by molar-refractivity contribution is 6.07. The summed E-state index contributed by atoms with van der Waals surface area (Å²) >= 11 is 0. The number of rotatable bonds is 5. The average Bonchev–Trinajstić information content (AvgIpc) is 2.67. The van der Waals surface area contributed by atoms with E-state index in [-0.39, 0.29) is 18.0 Å². The van der Waals surface area contributed by atoms with Gasteiger partial charge in [0.15, 0.2) is 0 Å². The van der Waals surface area contributed by atoms with Crippen LogP contribution in [0.25, 0.3) is 10.8 Å². The molecule has 6 heteroatoms. The minimum atomic E-state index is -0.508. The number of carbonyl (C=O) groups is 2. The summed E-state index contributed by atoms with van der Waals surface area (Å²) < 4.78 is 13.4. The lowest BCUT2D eigenvalue weighted by atomic mass is 10.0. The normalized spacial score (nSPS) is 10.8. The minimum Gasteiger partial charge on any atom is -0.343 e. The molecule has 2 N–H and O–H groups in total. The Kier molecular flexibility index (Phi) is 5.34. The fraction of sp³-hybridized carbons (Fsp3) is 0.0500. The number of halogens is 1. The predicted molar refractivity (Wildman–Crippen MR) is 98.4 cm³/mol. The van der Waals surface area contributed by atoms with E-state index in [4.69, 9.17) is 0 Å². The molecule has 5 nitrogen and oxygen atoms in total. The maximum Gasteiger partial charge on any atom is 0.259 e. The van der Waals surface area contributed by atoms with Crippen LogP contribution in [0.4, 0.5) is 4.39 Å². The monoisotopic (exact) mass is 349 g/mol. The van der Waals surface area contributed by atoms with Gasteiger partial charge in [-0.25, -0.2) is 9.82 Å². The molecule has 0 unspecified atom stereocenters. The van der Waals surface area contributed by atoms with Gasteiger partial charge in [-0.3, -0.25) is 9.59 Å². The van der Waals surface area contributed by atoms with Crippen molar-refractivity contribution in [2.24, 2.45) is 5.10 Å². The maximum atomic E-state index is 13.4. The topological polar surface area (TPSA) is 70.6 Å². The zero-order valence-corrected chi connectivity index (χ0v) is 13.8. The Morgan fingerprint density at radius 2 is 1.69 bits per heavy atom. The Labute approximate surface area is 149 Å². The first-order valence-corrected chi connectivity index (χ1v) is 7.97. The molecule has 0 radical (unpaired) electrons. The van der Waals surface area contributed by atoms with Gasteiger partial charge in [0.05, 0.1) is 12.8 Å². The SMILES string of the molecule is O=C(CNC(=O)c1cccc2ccccc12)N/N=C/c1ccccc1F. The van der Waals surface area contributed by atoms with Gasteiger partial charge < -0.3 is 5.32 Å². The molecule has 0 heterocycles. The zero-order chi connectivity index (χ0) is 18.4. The van der Waals surface area contributed by atoms with Crippen LogP contribution in [-0.2, 0) is 4.79 Å². The largest absolute Gasteiger partial charge is 0.343 e. The summed E-state index contributed by atoms with van der Waals surface area (Å²) in [5, 5.41) is 7.99. The molecule has 0 atom stereocenters. The summed E-state index contributed by atoms with van der Waals surface area (Å²) in [6, 6.07) is 19.0. The highest BCUT2D eigenvalue weighted by atomic mass is 19.1. The average molecular weight is 349 g/mol. The second-order valence-electron chi connectivity index (χ2n) is 5.52. The van der Waals surface area contributed by atoms with Gasteiger partial charge in [0.2, 0.25) is 0 Å². The van der Waals surface area contributed by atoms with Crippen molar-refractivity contribution in [3.05, 3.63) is 83.7 Å². The van der Waals surface area contributed by atoms with Crippen molar-refractivity contribution >= 4 is 28.8 Å². The molecule has 0 saturated carbocycles. The van der Waals surface area contributed by atoms with Gasteiger partial charge in [0, 0.05) is 11.1 Å². The number of hydrogen-bond acceptors (Lipinski definition) is 3. The first kappa shape index (κ1) is 17.3. The Balaban J connectivity index is 1.57. The Hall–Kier alpha value is -3.54. The van der Waals surface area contributed by atoms with E-state index < -0.39 is 11.7 Å². The van der Waals surface area contributed by atoms with Crippen molar-refractivity contribution in [3.8, 4) is 0 Å². The summed E-state index contributed by atoms with van der Waals surface area (Å²) in [4.78, 5) is 24.1. The summed E-state index contributed by atoms with van der Waals surface area (Å²) in [6.07, 6.45) is 1.21. The molecule has 0 aliphatic rings. The highest BCUT2D eigenvalue weighted by Gasteiger charge is 2.10. The number of benzene rings is 3. The maximum absolute atomic E-state index is 13.4.